The molecule has 1 unspecified atom stereocenters. The van der Waals surface area contributed by atoms with Crippen molar-refractivity contribution in [3.05, 3.63) is 79.4 Å². The SMILES string of the molecule is C=S(=C)(N)C1=C(C)C(N)N=CC(c2ccc3nc(NC)n(-c4ccc(Br)cc4)c(=O)c3c2)=C1. The molecule has 0 radical (unpaired) electrons. The molecule has 33 heavy (non-hydrogen) atoms. The van der Waals surface area contributed by atoms with Gasteiger partial charge in [0.25, 0.3) is 5.56 Å². The third-order valence-corrected chi connectivity index (χ3v) is 7.29. The van der Waals surface area contributed by atoms with E-state index in [1.807, 2.05) is 55.5 Å². The molecule has 0 saturated carbocycles. The molecule has 1 aliphatic heterocycles. The average molecular weight is 525 g/mol. The Balaban J connectivity index is 1.95. The Morgan fingerprint density at radius 2 is 1.88 bits per heavy atom. The van der Waals surface area contributed by atoms with Crippen LogP contribution in [0.25, 0.3) is 22.2 Å². The standard InChI is InChI=1S/C24H25BrN6OS/c1-14-21(33(3,4)27)12-16(13-29-22(14)26)15-5-10-20-19(11-15)23(32)31(24(28-2)30-20)18-8-6-17(25)7-9-18/h5-13,22H,3-4,26-27H2,1-2H3,(H,28,30). The van der Waals surface area contributed by atoms with Crippen molar-refractivity contribution in [2.75, 3.05) is 12.4 Å². The lowest BCUT2D eigenvalue weighted by molar-refractivity contribution is 0.824. The highest BCUT2D eigenvalue weighted by atomic mass is 79.9. The summed E-state index contributed by atoms with van der Waals surface area (Å²) in [4.78, 5) is 23.5. The second kappa shape index (κ2) is 8.75. The number of benzene rings is 2. The lowest BCUT2D eigenvalue weighted by atomic mass is 10.0. The molecule has 1 aliphatic rings. The number of anilines is 1. The number of nitrogens with two attached hydrogens (primary N) is 2. The van der Waals surface area contributed by atoms with Gasteiger partial charge in [-0.25, -0.2) is 9.55 Å². The number of hydrogen-bond acceptors (Lipinski definition) is 6. The first kappa shape index (κ1) is 23.2. The minimum absolute atomic E-state index is 0.184. The molecule has 0 spiro atoms. The van der Waals surface area contributed by atoms with Crippen molar-refractivity contribution < 1.29 is 0 Å². The Bertz CT molecular complexity index is 1520. The van der Waals surface area contributed by atoms with Crippen LogP contribution in [0.15, 0.2) is 73.3 Å². The summed E-state index contributed by atoms with van der Waals surface area (Å²) in [5.74, 6) is 8.55. The summed E-state index contributed by atoms with van der Waals surface area (Å²) in [5.41, 5.74) is 9.71. The highest BCUT2D eigenvalue weighted by Gasteiger charge is 2.17. The number of aromatic nitrogens is 2. The molecule has 3 aromatic rings. The Kier molecular flexibility index (Phi) is 6.15. The van der Waals surface area contributed by atoms with Gasteiger partial charge in [-0.05, 0) is 60.5 Å². The van der Waals surface area contributed by atoms with Crippen molar-refractivity contribution in [2.24, 2.45) is 15.9 Å². The lowest BCUT2D eigenvalue weighted by Gasteiger charge is -2.16. The van der Waals surface area contributed by atoms with Crippen LogP contribution in [0.3, 0.4) is 0 Å². The van der Waals surface area contributed by atoms with Crippen molar-refractivity contribution >= 4 is 65.7 Å². The first-order valence-corrected chi connectivity index (χ1v) is 12.9. The summed E-state index contributed by atoms with van der Waals surface area (Å²) in [6, 6.07) is 13.0. The van der Waals surface area contributed by atoms with Gasteiger partial charge in [0.05, 0.1) is 16.6 Å². The summed E-state index contributed by atoms with van der Waals surface area (Å²) in [6.07, 6.45) is 3.10. The number of nitrogens with zero attached hydrogens (tertiary/aromatic N) is 3. The van der Waals surface area contributed by atoms with Gasteiger partial charge in [0, 0.05) is 28.2 Å². The van der Waals surface area contributed by atoms with Gasteiger partial charge >= 0.3 is 0 Å². The molecule has 0 bridgehead atoms. The molecule has 1 atom stereocenters. The third kappa shape index (κ3) is 4.45. The van der Waals surface area contributed by atoms with E-state index < -0.39 is 15.6 Å². The van der Waals surface area contributed by atoms with E-state index in [0.717, 1.165) is 26.1 Å². The van der Waals surface area contributed by atoms with E-state index in [4.69, 9.17) is 10.9 Å². The second-order valence-corrected chi connectivity index (χ2v) is 11.1. The molecule has 4 rings (SSSR count). The Morgan fingerprint density at radius 1 is 1.18 bits per heavy atom. The highest BCUT2D eigenvalue weighted by molar-refractivity contribution is 9.10. The number of hydrogen-bond donors (Lipinski definition) is 3. The van der Waals surface area contributed by atoms with Crippen LogP contribution < -0.4 is 21.7 Å². The summed E-state index contributed by atoms with van der Waals surface area (Å²) in [7, 11) is -0.287. The topological polar surface area (TPSA) is 111 Å². The molecule has 2 aromatic carbocycles. The number of halogens is 1. The van der Waals surface area contributed by atoms with Gasteiger partial charge in [-0.3, -0.25) is 14.9 Å². The van der Waals surface area contributed by atoms with Crippen LogP contribution in [-0.4, -0.2) is 40.7 Å². The van der Waals surface area contributed by atoms with E-state index in [1.165, 1.54) is 0 Å². The molecule has 170 valence electrons. The van der Waals surface area contributed by atoms with Crippen molar-refractivity contribution in [1.82, 2.24) is 9.55 Å². The number of allylic oxidation sites excluding steroid dienone is 2. The van der Waals surface area contributed by atoms with E-state index in [9.17, 15) is 4.79 Å². The first-order chi connectivity index (χ1) is 15.6. The maximum Gasteiger partial charge on any atom is 0.267 e. The number of fused-ring (bicyclic) bond motifs is 1. The smallest absolute Gasteiger partial charge is 0.267 e. The van der Waals surface area contributed by atoms with Crippen LogP contribution in [0.1, 0.15) is 12.5 Å². The largest absolute Gasteiger partial charge is 0.358 e. The first-order valence-electron chi connectivity index (χ1n) is 10.1. The normalized spacial score (nSPS) is 16.6. The van der Waals surface area contributed by atoms with E-state index in [2.05, 4.69) is 43.0 Å². The molecular weight excluding hydrogens is 500 g/mol. The Morgan fingerprint density at radius 3 is 2.52 bits per heavy atom. The van der Waals surface area contributed by atoms with E-state index in [1.54, 1.807) is 17.8 Å². The Hall–Kier alpha value is -2.98. The fourth-order valence-electron chi connectivity index (χ4n) is 3.67. The van der Waals surface area contributed by atoms with E-state index >= 15 is 0 Å². The zero-order chi connectivity index (χ0) is 23.9. The Labute approximate surface area is 201 Å². The summed E-state index contributed by atoms with van der Waals surface area (Å²) >= 11 is 3.43. The van der Waals surface area contributed by atoms with E-state index in [-0.39, 0.29) is 5.56 Å². The van der Waals surface area contributed by atoms with Gasteiger partial charge in [-0.2, -0.15) is 0 Å². The quantitative estimate of drug-likeness (QED) is 0.450. The summed E-state index contributed by atoms with van der Waals surface area (Å²) in [5, 5.41) is 9.79. The van der Waals surface area contributed by atoms with Gasteiger partial charge in [-0.15, -0.1) is 9.39 Å². The molecule has 2 heterocycles. The monoisotopic (exact) mass is 524 g/mol. The van der Waals surface area contributed by atoms with Crippen LogP contribution in [0.2, 0.25) is 0 Å². The molecule has 0 fully saturated rings. The van der Waals surface area contributed by atoms with Crippen molar-refractivity contribution in [1.29, 1.82) is 0 Å². The molecule has 7 nitrogen and oxygen atoms in total. The van der Waals surface area contributed by atoms with Crippen LogP contribution in [-0.2, 0) is 0 Å². The van der Waals surface area contributed by atoms with E-state index in [0.29, 0.717) is 22.5 Å². The van der Waals surface area contributed by atoms with Crippen molar-refractivity contribution in [3.8, 4) is 5.69 Å². The maximum absolute atomic E-state index is 13.6. The van der Waals surface area contributed by atoms with Gasteiger partial charge < -0.3 is 11.1 Å². The molecular formula is C24H25BrN6OS. The third-order valence-electron chi connectivity index (χ3n) is 5.44. The lowest BCUT2D eigenvalue weighted by Crippen LogP contribution is -2.23. The zero-order valence-corrected chi connectivity index (χ0v) is 20.8. The van der Waals surface area contributed by atoms with Crippen LogP contribution >= 0.6 is 25.3 Å². The van der Waals surface area contributed by atoms with Gasteiger partial charge in [0.15, 0.2) is 0 Å². The second-order valence-electron chi connectivity index (χ2n) is 7.85. The average Bonchev–Trinajstić information content (AvgIpc) is 2.93. The molecule has 0 saturated heterocycles. The summed E-state index contributed by atoms with van der Waals surface area (Å²) in [6.45, 7) is 1.89. The van der Waals surface area contributed by atoms with Crippen molar-refractivity contribution in [3.63, 3.8) is 0 Å². The molecule has 1 aromatic heterocycles. The summed E-state index contributed by atoms with van der Waals surface area (Å²) < 4.78 is 2.48. The molecule has 5 N–H and O–H groups in total. The van der Waals surface area contributed by atoms with Gasteiger partial charge in [-0.1, -0.05) is 33.7 Å². The van der Waals surface area contributed by atoms with Gasteiger partial charge in [0.1, 0.15) is 6.17 Å². The highest BCUT2D eigenvalue weighted by Crippen LogP contribution is 2.33. The fraction of sp³-hybridized carbons (Fsp3) is 0.125. The zero-order valence-electron chi connectivity index (χ0n) is 18.4. The number of rotatable bonds is 4. The number of nitrogens with one attached hydrogen (secondary N) is 1. The van der Waals surface area contributed by atoms with Crippen LogP contribution in [0, 0.1) is 0 Å². The van der Waals surface area contributed by atoms with Crippen LogP contribution in [0.4, 0.5) is 5.95 Å². The van der Waals surface area contributed by atoms with Crippen LogP contribution in [0.5, 0.6) is 0 Å². The molecule has 9 heteroatoms. The maximum atomic E-state index is 13.6. The predicted molar refractivity (Wildman–Crippen MR) is 148 cm³/mol. The van der Waals surface area contributed by atoms with Gasteiger partial charge in [0.2, 0.25) is 5.95 Å². The molecule has 0 amide bonds. The predicted octanol–water partition coefficient (Wildman–Crippen LogP) is 3.76. The minimum atomic E-state index is -2.03. The van der Waals surface area contributed by atoms with Crippen molar-refractivity contribution in [2.45, 2.75) is 13.1 Å². The fourth-order valence-corrected chi connectivity index (χ4v) is 5.06. The number of aliphatic imine (C=N–C) groups is 1. The minimum Gasteiger partial charge on any atom is -0.358 e. The molecule has 0 aliphatic carbocycles.